The Morgan fingerprint density at radius 3 is 2.12 bits per heavy atom. The maximum Gasteiger partial charge on any atom is 0.241 e. The highest BCUT2D eigenvalue weighted by molar-refractivity contribution is 6.70. The van der Waals surface area contributed by atoms with Crippen LogP contribution in [0, 0.1) is 0 Å². The van der Waals surface area contributed by atoms with E-state index in [-0.39, 0.29) is 0 Å². The van der Waals surface area contributed by atoms with Crippen molar-refractivity contribution in [1.29, 1.82) is 0 Å². The molecule has 16 heavy (non-hydrogen) atoms. The first-order chi connectivity index (χ1) is 7.40. The fourth-order valence-corrected chi connectivity index (χ4v) is 2.47. The van der Waals surface area contributed by atoms with Gasteiger partial charge in [0.05, 0.1) is 12.9 Å². The summed E-state index contributed by atoms with van der Waals surface area (Å²) in [6, 6.07) is 7.95. The quantitative estimate of drug-likeness (QED) is 0.583. The van der Waals surface area contributed by atoms with E-state index < -0.39 is 8.32 Å². The number of allylic oxidation sites excluding steroid dienone is 1. The first kappa shape index (κ1) is 12.8. The van der Waals surface area contributed by atoms with Crippen molar-refractivity contribution in [2.24, 2.45) is 0 Å². The molecule has 0 heterocycles. The van der Waals surface area contributed by atoms with Gasteiger partial charge in [-0.05, 0) is 50.3 Å². The zero-order valence-corrected chi connectivity index (χ0v) is 11.7. The van der Waals surface area contributed by atoms with E-state index >= 15 is 0 Å². The molecule has 3 heteroatoms. The summed E-state index contributed by atoms with van der Waals surface area (Å²) in [5.74, 6) is 1.85. The Hall–Kier alpha value is -1.22. The summed E-state index contributed by atoms with van der Waals surface area (Å²) in [7, 11) is 0.186. The molecule has 0 atom stereocenters. The first-order valence-corrected chi connectivity index (χ1v) is 8.83. The lowest BCUT2D eigenvalue weighted by Crippen LogP contribution is -2.23. The molecule has 0 aliphatic heterocycles. The Kier molecular flexibility index (Phi) is 4.18. The minimum absolute atomic E-state index is 0.876. The molecule has 0 saturated heterocycles. The maximum atomic E-state index is 5.87. The van der Waals surface area contributed by atoms with Crippen molar-refractivity contribution in [3.63, 3.8) is 0 Å². The molecule has 0 radical (unpaired) electrons. The number of ether oxygens (including phenoxy) is 1. The summed E-state index contributed by atoms with van der Waals surface area (Å²) in [6.07, 6.45) is 2.05. The standard InChI is InChI=1S/C13H20O2Si/c1-11(15-16(3,4)5)10-12-6-8-13(14-2)9-7-12/h6-10H,1-5H3/b11-10-. The van der Waals surface area contributed by atoms with Gasteiger partial charge in [0.25, 0.3) is 0 Å². The van der Waals surface area contributed by atoms with Gasteiger partial charge in [-0.15, -0.1) is 0 Å². The number of rotatable bonds is 4. The van der Waals surface area contributed by atoms with Crippen LogP contribution in [0.5, 0.6) is 5.75 Å². The molecule has 1 rings (SSSR count). The second-order valence-electron chi connectivity index (χ2n) is 4.74. The summed E-state index contributed by atoms with van der Waals surface area (Å²) < 4.78 is 11.0. The van der Waals surface area contributed by atoms with E-state index in [1.54, 1.807) is 7.11 Å². The molecule has 0 unspecified atom stereocenters. The highest BCUT2D eigenvalue weighted by Crippen LogP contribution is 2.16. The number of hydrogen-bond acceptors (Lipinski definition) is 2. The first-order valence-electron chi connectivity index (χ1n) is 5.42. The molecule has 0 saturated carbocycles. The molecule has 0 fully saturated rings. The van der Waals surface area contributed by atoms with E-state index in [9.17, 15) is 0 Å². The predicted octanol–water partition coefficient (Wildman–Crippen LogP) is 3.91. The summed E-state index contributed by atoms with van der Waals surface area (Å²) in [5, 5.41) is 0. The van der Waals surface area contributed by atoms with Gasteiger partial charge in [0.1, 0.15) is 5.75 Å². The van der Waals surface area contributed by atoms with Crippen LogP contribution < -0.4 is 4.74 Å². The molecule has 88 valence electrons. The van der Waals surface area contributed by atoms with Crippen LogP contribution in [0.4, 0.5) is 0 Å². The van der Waals surface area contributed by atoms with E-state index in [0.29, 0.717) is 0 Å². The third-order valence-electron chi connectivity index (χ3n) is 1.95. The number of hydrogen-bond donors (Lipinski definition) is 0. The van der Waals surface area contributed by atoms with E-state index in [4.69, 9.17) is 9.16 Å². The monoisotopic (exact) mass is 236 g/mol. The molecule has 0 N–H and O–H groups in total. The number of methoxy groups -OCH3 is 1. The molecule has 0 aliphatic rings. The van der Waals surface area contributed by atoms with Crippen LogP contribution in [0.25, 0.3) is 6.08 Å². The largest absolute Gasteiger partial charge is 0.548 e. The zero-order chi connectivity index (χ0) is 12.2. The van der Waals surface area contributed by atoms with Crippen molar-refractivity contribution < 1.29 is 9.16 Å². The highest BCUT2D eigenvalue weighted by Gasteiger charge is 2.15. The Balaban J connectivity index is 2.74. The van der Waals surface area contributed by atoms with E-state index in [0.717, 1.165) is 17.1 Å². The van der Waals surface area contributed by atoms with E-state index in [1.807, 2.05) is 31.2 Å². The van der Waals surface area contributed by atoms with Gasteiger partial charge < -0.3 is 9.16 Å². The topological polar surface area (TPSA) is 18.5 Å². The lowest BCUT2D eigenvalue weighted by Gasteiger charge is -2.19. The lowest BCUT2D eigenvalue weighted by molar-refractivity contribution is 0.414. The van der Waals surface area contributed by atoms with Crippen LogP contribution in [0.2, 0.25) is 19.6 Å². The van der Waals surface area contributed by atoms with Gasteiger partial charge in [0.15, 0.2) is 0 Å². The molecular formula is C13H20O2Si. The van der Waals surface area contributed by atoms with Gasteiger partial charge in [-0.25, -0.2) is 0 Å². The molecule has 0 aliphatic carbocycles. The van der Waals surface area contributed by atoms with Crippen LogP contribution in [0.15, 0.2) is 30.0 Å². The van der Waals surface area contributed by atoms with Crippen molar-refractivity contribution in [1.82, 2.24) is 0 Å². The molecule has 1 aromatic carbocycles. The van der Waals surface area contributed by atoms with Crippen molar-refractivity contribution in [2.75, 3.05) is 7.11 Å². The van der Waals surface area contributed by atoms with Crippen molar-refractivity contribution in [2.45, 2.75) is 26.6 Å². The van der Waals surface area contributed by atoms with Gasteiger partial charge >= 0.3 is 0 Å². The van der Waals surface area contributed by atoms with Crippen LogP contribution in [0.1, 0.15) is 12.5 Å². The normalized spacial score (nSPS) is 12.4. The van der Waals surface area contributed by atoms with Gasteiger partial charge in [0.2, 0.25) is 8.32 Å². The second kappa shape index (κ2) is 5.21. The predicted molar refractivity (Wildman–Crippen MR) is 71.1 cm³/mol. The fourth-order valence-electron chi connectivity index (χ4n) is 1.45. The smallest absolute Gasteiger partial charge is 0.241 e. The Labute approximate surface area is 99.0 Å². The SMILES string of the molecule is COc1ccc(/C=C(/C)O[Si](C)(C)C)cc1. The molecule has 0 amide bonds. The average molecular weight is 236 g/mol. The minimum Gasteiger partial charge on any atom is -0.548 e. The third-order valence-corrected chi connectivity index (χ3v) is 2.89. The van der Waals surface area contributed by atoms with Crippen molar-refractivity contribution in [3.8, 4) is 5.75 Å². The van der Waals surface area contributed by atoms with Crippen LogP contribution in [-0.2, 0) is 4.43 Å². The lowest BCUT2D eigenvalue weighted by atomic mass is 10.2. The van der Waals surface area contributed by atoms with Gasteiger partial charge in [0, 0.05) is 0 Å². The highest BCUT2D eigenvalue weighted by atomic mass is 28.4. The van der Waals surface area contributed by atoms with Gasteiger partial charge in [-0.1, -0.05) is 12.1 Å². The van der Waals surface area contributed by atoms with Gasteiger partial charge in [-0.2, -0.15) is 0 Å². The Morgan fingerprint density at radius 1 is 1.12 bits per heavy atom. The molecular weight excluding hydrogens is 216 g/mol. The van der Waals surface area contributed by atoms with E-state index in [1.165, 1.54) is 0 Å². The average Bonchev–Trinajstić information content (AvgIpc) is 2.16. The third kappa shape index (κ3) is 4.53. The van der Waals surface area contributed by atoms with E-state index in [2.05, 4.69) is 25.7 Å². The molecule has 0 bridgehead atoms. The molecule has 1 aromatic rings. The van der Waals surface area contributed by atoms with Crippen LogP contribution in [0.3, 0.4) is 0 Å². The van der Waals surface area contributed by atoms with Gasteiger partial charge in [-0.3, -0.25) is 0 Å². The Bertz CT molecular complexity index is 361. The second-order valence-corrected chi connectivity index (χ2v) is 9.17. The number of benzene rings is 1. The summed E-state index contributed by atoms with van der Waals surface area (Å²) >= 11 is 0. The van der Waals surface area contributed by atoms with Crippen LogP contribution in [-0.4, -0.2) is 15.4 Å². The summed E-state index contributed by atoms with van der Waals surface area (Å²) in [5.41, 5.74) is 1.14. The van der Waals surface area contributed by atoms with Crippen molar-refractivity contribution in [3.05, 3.63) is 35.6 Å². The minimum atomic E-state index is -1.48. The summed E-state index contributed by atoms with van der Waals surface area (Å²) in [6.45, 7) is 8.54. The molecule has 2 nitrogen and oxygen atoms in total. The molecule has 0 aromatic heterocycles. The Morgan fingerprint density at radius 2 is 1.69 bits per heavy atom. The van der Waals surface area contributed by atoms with Crippen molar-refractivity contribution >= 4 is 14.4 Å². The van der Waals surface area contributed by atoms with Crippen LogP contribution >= 0.6 is 0 Å². The fraction of sp³-hybridized carbons (Fsp3) is 0.385. The maximum absolute atomic E-state index is 5.87. The summed E-state index contributed by atoms with van der Waals surface area (Å²) in [4.78, 5) is 0. The zero-order valence-electron chi connectivity index (χ0n) is 10.7. The molecule has 0 spiro atoms.